The molecule has 1 unspecified atom stereocenters. The fraction of sp³-hybridized carbons (Fsp3) is 0.429. The Hall–Kier alpha value is -1.08. The van der Waals surface area contributed by atoms with Crippen molar-refractivity contribution in [3.8, 4) is 0 Å². The van der Waals surface area contributed by atoms with Crippen LogP contribution < -0.4 is 5.73 Å². The first-order valence-corrected chi connectivity index (χ1v) is 8.00. The lowest BCUT2D eigenvalue weighted by atomic mass is 10.2. The van der Waals surface area contributed by atoms with Crippen molar-refractivity contribution in [2.75, 3.05) is 13.7 Å². The highest BCUT2D eigenvalue weighted by molar-refractivity contribution is 7.98. The van der Waals surface area contributed by atoms with Gasteiger partial charge in [-0.2, -0.15) is 4.98 Å². The molecule has 1 aromatic carbocycles. The highest BCUT2D eigenvalue weighted by Crippen LogP contribution is 2.24. The van der Waals surface area contributed by atoms with Gasteiger partial charge in [0.1, 0.15) is 0 Å². The number of benzene rings is 1. The van der Waals surface area contributed by atoms with Gasteiger partial charge in [0.05, 0.1) is 11.8 Å². The molecule has 0 saturated heterocycles. The number of aromatic nitrogens is 2. The number of hydrogen-bond acceptors (Lipinski definition) is 6. The zero-order valence-electron chi connectivity index (χ0n) is 11.8. The third kappa shape index (κ3) is 5.32. The van der Waals surface area contributed by atoms with Crippen LogP contribution in [0.4, 0.5) is 0 Å². The van der Waals surface area contributed by atoms with E-state index in [9.17, 15) is 0 Å². The Balaban J connectivity index is 1.85. The first-order valence-electron chi connectivity index (χ1n) is 6.64. The van der Waals surface area contributed by atoms with Gasteiger partial charge in [0.15, 0.2) is 5.82 Å². The Bertz CT molecular complexity index is 565. The molecular formula is C14H18ClN3O2S. The van der Waals surface area contributed by atoms with Crippen LogP contribution in [0.5, 0.6) is 0 Å². The Morgan fingerprint density at radius 2 is 2.33 bits per heavy atom. The average molecular weight is 328 g/mol. The summed E-state index contributed by atoms with van der Waals surface area (Å²) in [5.74, 6) is 1.74. The Morgan fingerprint density at radius 3 is 3.10 bits per heavy atom. The Morgan fingerprint density at radius 1 is 1.48 bits per heavy atom. The van der Waals surface area contributed by atoms with E-state index in [2.05, 4.69) is 10.1 Å². The maximum Gasteiger partial charge on any atom is 0.243 e. The van der Waals surface area contributed by atoms with Crippen LogP contribution in [0.2, 0.25) is 5.02 Å². The quantitative estimate of drug-likeness (QED) is 0.591. The van der Waals surface area contributed by atoms with Crippen molar-refractivity contribution in [3.05, 3.63) is 41.0 Å². The van der Waals surface area contributed by atoms with E-state index >= 15 is 0 Å². The zero-order chi connectivity index (χ0) is 15.1. The average Bonchev–Trinajstić information content (AvgIpc) is 2.94. The summed E-state index contributed by atoms with van der Waals surface area (Å²) in [4.78, 5) is 5.40. The molecule has 2 rings (SSSR count). The summed E-state index contributed by atoms with van der Waals surface area (Å²) >= 11 is 7.55. The molecule has 0 aliphatic rings. The molecule has 0 fully saturated rings. The van der Waals surface area contributed by atoms with Gasteiger partial charge in [0.25, 0.3) is 0 Å². The van der Waals surface area contributed by atoms with Crippen LogP contribution in [-0.4, -0.2) is 23.9 Å². The van der Waals surface area contributed by atoms with Gasteiger partial charge in [-0.1, -0.05) is 22.8 Å². The molecule has 114 valence electrons. The molecule has 2 N–H and O–H groups in total. The second-order valence-electron chi connectivity index (χ2n) is 4.54. The lowest BCUT2D eigenvalue weighted by Gasteiger charge is -2.04. The van der Waals surface area contributed by atoms with Crippen molar-refractivity contribution >= 4 is 23.4 Å². The normalized spacial score (nSPS) is 12.5. The summed E-state index contributed by atoms with van der Waals surface area (Å²) in [6.07, 6.45) is 1.63. The van der Waals surface area contributed by atoms with Crippen molar-refractivity contribution < 1.29 is 9.26 Å². The first-order chi connectivity index (χ1) is 10.2. The molecule has 1 heterocycles. The number of ether oxygens (including phenoxy) is 1. The molecule has 1 atom stereocenters. The predicted molar refractivity (Wildman–Crippen MR) is 83.3 cm³/mol. The SMILES string of the molecule is COCCCC(N)c1nc(CSc2cccc(Cl)c2)no1. The van der Waals surface area contributed by atoms with E-state index in [1.807, 2.05) is 24.3 Å². The van der Waals surface area contributed by atoms with Gasteiger partial charge in [-0.25, -0.2) is 0 Å². The maximum atomic E-state index is 6.00. The minimum Gasteiger partial charge on any atom is -0.385 e. The smallest absolute Gasteiger partial charge is 0.243 e. The van der Waals surface area contributed by atoms with Crippen LogP contribution in [0.1, 0.15) is 30.6 Å². The molecular weight excluding hydrogens is 310 g/mol. The second kappa shape index (κ2) is 8.38. The summed E-state index contributed by atoms with van der Waals surface area (Å²) in [6, 6.07) is 7.42. The van der Waals surface area contributed by atoms with E-state index in [0.717, 1.165) is 17.7 Å². The Kier molecular flexibility index (Phi) is 6.50. The van der Waals surface area contributed by atoms with Gasteiger partial charge in [0, 0.05) is 23.6 Å². The van der Waals surface area contributed by atoms with Gasteiger partial charge in [-0.3, -0.25) is 0 Å². The number of nitrogens with two attached hydrogens (primary N) is 1. The number of hydrogen-bond donors (Lipinski definition) is 1. The van der Waals surface area contributed by atoms with E-state index < -0.39 is 0 Å². The topological polar surface area (TPSA) is 74.2 Å². The van der Waals surface area contributed by atoms with Crippen molar-refractivity contribution in [2.45, 2.75) is 29.5 Å². The molecule has 0 spiro atoms. The largest absolute Gasteiger partial charge is 0.385 e. The highest BCUT2D eigenvalue weighted by Gasteiger charge is 2.14. The molecule has 1 aromatic heterocycles. The number of thioether (sulfide) groups is 1. The van der Waals surface area contributed by atoms with E-state index in [1.54, 1.807) is 18.9 Å². The lowest BCUT2D eigenvalue weighted by molar-refractivity contribution is 0.188. The Labute approximate surface area is 133 Å². The third-order valence-corrected chi connectivity index (χ3v) is 4.05. The van der Waals surface area contributed by atoms with Gasteiger partial charge in [-0.15, -0.1) is 11.8 Å². The van der Waals surface area contributed by atoms with Gasteiger partial charge in [0.2, 0.25) is 5.89 Å². The van der Waals surface area contributed by atoms with Gasteiger partial charge in [-0.05, 0) is 31.0 Å². The third-order valence-electron chi connectivity index (χ3n) is 2.83. The molecule has 21 heavy (non-hydrogen) atoms. The molecule has 0 aliphatic carbocycles. The maximum absolute atomic E-state index is 6.00. The van der Waals surface area contributed by atoms with Crippen molar-refractivity contribution in [3.63, 3.8) is 0 Å². The van der Waals surface area contributed by atoms with Gasteiger partial charge >= 0.3 is 0 Å². The molecule has 2 aromatic rings. The van der Waals surface area contributed by atoms with Crippen molar-refractivity contribution in [1.29, 1.82) is 0 Å². The zero-order valence-corrected chi connectivity index (χ0v) is 13.4. The molecule has 0 bridgehead atoms. The first kappa shape index (κ1) is 16.3. The summed E-state index contributed by atoms with van der Waals surface area (Å²) in [7, 11) is 1.67. The molecule has 7 heteroatoms. The van der Waals surface area contributed by atoms with Crippen molar-refractivity contribution in [2.24, 2.45) is 5.73 Å². The highest BCUT2D eigenvalue weighted by atomic mass is 35.5. The van der Waals surface area contributed by atoms with E-state index in [0.29, 0.717) is 29.1 Å². The van der Waals surface area contributed by atoms with Crippen LogP contribution in [0.25, 0.3) is 0 Å². The minimum absolute atomic E-state index is 0.238. The summed E-state index contributed by atoms with van der Waals surface area (Å²) in [5.41, 5.74) is 6.00. The summed E-state index contributed by atoms with van der Waals surface area (Å²) in [6.45, 7) is 0.680. The van der Waals surface area contributed by atoms with E-state index in [-0.39, 0.29) is 6.04 Å². The van der Waals surface area contributed by atoms with Gasteiger partial charge < -0.3 is 15.0 Å². The second-order valence-corrected chi connectivity index (χ2v) is 6.02. The van der Waals surface area contributed by atoms with Crippen LogP contribution in [-0.2, 0) is 10.5 Å². The van der Waals surface area contributed by atoms with Crippen molar-refractivity contribution in [1.82, 2.24) is 10.1 Å². The molecule has 0 aliphatic heterocycles. The van der Waals surface area contributed by atoms with Crippen LogP contribution >= 0.6 is 23.4 Å². The minimum atomic E-state index is -0.238. The van der Waals surface area contributed by atoms with Crippen LogP contribution in [0.3, 0.4) is 0 Å². The molecule has 0 radical (unpaired) electrons. The standard InChI is InChI=1S/C14H18ClN3O2S/c1-19-7-3-6-12(16)14-17-13(18-20-14)9-21-11-5-2-4-10(15)8-11/h2,4-5,8,12H,3,6-7,9,16H2,1H3. The number of nitrogens with zero attached hydrogens (tertiary/aromatic N) is 2. The van der Waals surface area contributed by atoms with Crippen LogP contribution in [0.15, 0.2) is 33.7 Å². The summed E-state index contributed by atoms with van der Waals surface area (Å²) in [5, 5.41) is 4.67. The molecule has 0 amide bonds. The fourth-order valence-electron chi connectivity index (χ4n) is 1.75. The predicted octanol–water partition coefficient (Wildman–Crippen LogP) is 3.44. The molecule has 5 nitrogen and oxygen atoms in total. The van der Waals surface area contributed by atoms with E-state index in [1.165, 1.54) is 0 Å². The van der Waals surface area contributed by atoms with E-state index in [4.69, 9.17) is 26.6 Å². The summed E-state index contributed by atoms with van der Waals surface area (Å²) < 4.78 is 10.2. The van der Waals surface area contributed by atoms with Crippen LogP contribution in [0, 0.1) is 0 Å². The number of rotatable bonds is 8. The number of methoxy groups -OCH3 is 1. The number of halogens is 1. The molecule has 0 saturated carbocycles. The lowest BCUT2D eigenvalue weighted by Crippen LogP contribution is -2.11. The monoisotopic (exact) mass is 327 g/mol. The fourth-order valence-corrected chi connectivity index (χ4v) is 2.81.